The highest BCUT2D eigenvalue weighted by molar-refractivity contribution is 6.68. The van der Waals surface area contributed by atoms with E-state index in [0.717, 1.165) is 30.6 Å². The highest BCUT2D eigenvalue weighted by atomic mass is 16.2. The molecule has 0 saturated carbocycles. The van der Waals surface area contributed by atoms with Crippen molar-refractivity contribution in [3.8, 4) is 0 Å². The summed E-state index contributed by atoms with van der Waals surface area (Å²) >= 11 is 0. The smallest absolute Gasteiger partial charge is 0.295 e. The fraction of sp³-hybridized carbons (Fsp3) is 0.353. The van der Waals surface area contributed by atoms with Crippen molar-refractivity contribution in [2.75, 3.05) is 12.4 Å². The van der Waals surface area contributed by atoms with Crippen LogP contribution in [0.25, 0.3) is 0 Å². The molecule has 1 atom stereocenters. The Labute approximate surface area is 130 Å². The van der Waals surface area contributed by atoms with Crippen LogP contribution in [0, 0.1) is 0 Å². The first-order chi connectivity index (χ1) is 10.7. The number of amides is 1. The molecule has 0 radical (unpaired) electrons. The molecule has 1 N–H and O–H groups in total. The van der Waals surface area contributed by atoms with Crippen molar-refractivity contribution in [3.05, 3.63) is 36.4 Å². The number of benzene rings is 1. The van der Waals surface area contributed by atoms with Crippen LogP contribution < -0.4 is 5.32 Å². The minimum atomic E-state index is -0.105. The van der Waals surface area contributed by atoms with E-state index in [1.807, 2.05) is 38.2 Å². The lowest BCUT2D eigenvalue weighted by atomic mass is 10.0. The molecule has 0 fully saturated rings. The Morgan fingerprint density at radius 3 is 2.73 bits per heavy atom. The maximum Gasteiger partial charge on any atom is 0.295 e. The summed E-state index contributed by atoms with van der Waals surface area (Å²) in [7, 11) is 1.87. The molecule has 0 saturated heterocycles. The predicted molar refractivity (Wildman–Crippen MR) is 89.8 cm³/mol. The Morgan fingerprint density at radius 2 is 2.09 bits per heavy atom. The van der Waals surface area contributed by atoms with Crippen molar-refractivity contribution in [3.63, 3.8) is 0 Å². The molecule has 5 nitrogen and oxygen atoms in total. The molecule has 5 heteroatoms. The molecule has 114 valence electrons. The zero-order chi connectivity index (χ0) is 15.5. The van der Waals surface area contributed by atoms with Gasteiger partial charge in [-0.15, -0.1) is 0 Å². The maximum atomic E-state index is 12.6. The van der Waals surface area contributed by atoms with Gasteiger partial charge in [-0.2, -0.15) is 5.10 Å². The first-order valence-electron chi connectivity index (χ1n) is 7.61. The van der Waals surface area contributed by atoms with Gasteiger partial charge in [-0.1, -0.05) is 12.2 Å². The monoisotopic (exact) mass is 296 g/mol. The fourth-order valence-corrected chi connectivity index (χ4v) is 2.70. The number of carbonyl (C=O) groups is 1. The molecular weight excluding hydrogens is 276 g/mol. The van der Waals surface area contributed by atoms with Gasteiger partial charge in [0.05, 0.1) is 17.4 Å². The summed E-state index contributed by atoms with van der Waals surface area (Å²) in [6.07, 6.45) is 7.33. The minimum absolute atomic E-state index is 0.0653. The summed E-state index contributed by atoms with van der Waals surface area (Å²) in [5.74, 6) is -0.105. The Morgan fingerprint density at radius 1 is 1.32 bits per heavy atom. The molecule has 1 aromatic rings. The van der Waals surface area contributed by atoms with Crippen LogP contribution in [0.15, 0.2) is 46.5 Å². The van der Waals surface area contributed by atoms with Crippen molar-refractivity contribution >= 4 is 28.7 Å². The van der Waals surface area contributed by atoms with Gasteiger partial charge in [0.25, 0.3) is 5.91 Å². The summed E-state index contributed by atoms with van der Waals surface area (Å²) in [5.41, 5.74) is 2.90. The van der Waals surface area contributed by atoms with Crippen LogP contribution >= 0.6 is 0 Å². The molecule has 1 amide bonds. The molecule has 0 bridgehead atoms. The molecule has 0 aromatic heterocycles. The van der Waals surface area contributed by atoms with Crippen LogP contribution in [-0.2, 0) is 4.79 Å². The molecule has 1 aliphatic heterocycles. The van der Waals surface area contributed by atoms with E-state index >= 15 is 0 Å². The van der Waals surface area contributed by atoms with E-state index < -0.39 is 0 Å². The molecule has 2 aliphatic rings. The summed E-state index contributed by atoms with van der Waals surface area (Å²) in [5, 5.41) is 9.05. The molecule has 3 rings (SSSR count). The van der Waals surface area contributed by atoms with Crippen molar-refractivity contribution in [1.29, 1.82) is 0 Å². The summed E-state index contributed by atoms with van der Waals surface area (Å²) < 4.78 is 0. The van der Waals surface area contributed by atoms with Crippen molar-refractivity contribution in [1.82, 2.24) is 5.01 Å². The fourth-order valence-electron chi connectivity index (χ4n) is 2.70. The van der Waals surface area contributed by atoms with E-state index in [9.17, 15) is 4.79 Å². The molecule has 0 spiro atoms. The number of hydrogen-bond donors (Lipinski definition) is 1. The maximum absolute atomic E-state index is 12.6. The third-order valence-corrected chi connectivity index (χ3v) is 3.95. The van der Waals surface area contributed by atoms with Gasteiger partial charge in [-0.25, -0.2) is 10.0 Å². The largest absolute Gasteiger partial charge is 0.388 e. The number of hydrazone groups is 1. The normalized spacial score (nSPS) is 23.1. The highest BCUT2D eigenvalue weighted by Gasteiger charge is 2.33. The number of nitrogens with zero attached hydrogens (tertiary/aromatic N) is 3. The lowest BCUT2D eigenvalue weighted by molar-refractivity contribution is -0.124. The SMILES string of the molecule is CNc1ccc(N=C2C(=O)N(C3C=CCCC3)N=C2C)cc1. The van der Waals surface area contributed by atoms with Gasteiger partial charge in [0.1, 0.15) is 0 Å². The first kappa shape index (κ1) is 14.5. The molecule has 1 aliphatic carbocycles. The first-order valence-corrected chi connectivity index (χ1v) is 7.61. The van der Waals surface area contributed by atoms with E-state index in [0.29, 0.717) is 11.4 Å². The van der Waals surface area contributed by atoms with Crippen molar-refractivity contribution in [2.24, 2.45) is 10.1 Å². The van der Waals surface area contributed by atoms with Gasteiger partial charge < -0.3 is 5.32 Å². The third-order valence-electron chi connectivity index (χ3n) is 3.95. The molecule has 1 aromatic carbocycles. The summed E-state index contributed by atoms with van der Waals surface area (Å²) in [6.45, 7) is 1.84. The van der Waals surface area contributed by atoms with Gasteiger partial charge in [-0.3, -0.25) is 4.79 Å². The molecule has 1 unspecified atom stereocenters. The van der Waals surface area contributed by atoms with Crippen LogP contribution in [0.3, 0.4) is 0 Å². The second-order valence-corrected chi connectivity index (χ2v) is 5.52. The Bertz CT molecular complexity index is 658. The third kappa shape index (κ3) is 2.79. The quantitative estimate of drug-likeness (QED) is 0.871. The van der Waals surface area contributed by atoms with Gasteiger partial charge in [0, 0.05) is 12.7 Å². The number of hydrogen-bond acceptors (Lipinski definition) is 4. The lowest BCUT2D eigenvalue weighted by Crippen LogP contribution is -2.35. The van der Waals surface area contributed by atoms with Gasteiger partial charge in [0.15, 0.2) is 5.71 Å². The van der Waals surface area contributed by atoms with E-state index in [1.54, 1.807) is 5.01 Å². The van der Waals surface area contributed by atoms with E-state index in [4.69, 9.17) is 0 Å². The van der Waals surface area contributed by atoms with Crippen LogP contribution in [0.4, 0.5) is 11.4 Å². The zero-order valence-electron chi connectivity index (χ0n) is 12.9. The second kappa shape index (κ2) is 6.13. The number of aliphatic imine (C=N–C) groups is 1. The summed E-state index contributed by atoms with van der Waals surface area (Å²) in [6, 6.07) is 7.72. The Kier molecular flexibility index (Phi) is 4.04. The zero-order valence-corrected chi connectivity index (χ0v) is 12.9. The van der Waals surface area contributed by atoms with Gasteiger partial charge >= 0.3 is 0 Å². The molecule has 1 heterocycles. The number of anilines is 1. The van der Waals surface area contributed by atoms with Crippen LogP contribution in [0.2, 0.25) is 0 Å². The molecule has 22 heavy (non-hydrogen) atoms. The topological polar surface area (TPSA) is 57.1 Å². The predicted octanol–water partition coefficient (Wildman–Crippen LogP) is 3.13. The number of rotatable bonds is 3. The minimum Gasteiger partial charge on any atom is -0.388 e. The van der Waals surface area contributed by atoms with Gasteiger partial charge in [0.2, 0.25) is 0 Å². The number of carbonyl (C=O) groups excluding carboxylic acids is 1. The Balaban J connectivity index is 1.83. The number of allylic oxidation sites excluding steroid dienone is 1. The standard InChI is InChI=1S/C17H20N4O/c1-12-16(19-14-10-8-13(18-2)9-11-14)17(22)21(20-12)15-6-4-3-5-7-15/h4,6,8-11,15,18H,3,5,7H2,1-2H3. The van der Waals surface area contributed by atoms with Crippen molar-refractivity contribution < 1.29 is 4.79 Å². The molecular formula is C17H20N4O. The van der Waals surface area contributed by atoms with E-state index in [1.165, 1.54) is 0 Å². The van der Waals surface area contributed by atoms with E-state index in [-0.39, 0.29) is 11.9 Å². The van der Waals surface area contributed by atoms with Gasteiger partial charge in [-0.05, 0) is 50.5 Å². The van der Waals surface area contributed by atoms with Crippen LogP contribution in [-0.4, -0.2) is 35.4 Å². The highest BCUT2D eigenvalue weighted by Crippen LogP contribution is 2.23. The number of nitrogens with one attached hydrogen (secondary N) is 1. The second-order valence-electron chi connectivity index (χ2n) is 5.52. The average molecular weight is 296 g/mol. The van der Waals surface area contributed by atoms with E-state index in [2.05, 4.69) is 27.6 Å². The Hall–Kier alpha value is -2.43. The average Bonchev–Trinajstić information content (AvgIpc) is 2.84. The van der Waals surface area contributed by atoms with Crippen LogP contribution in [0.5, 0.6) is 0 Å². The van der Waals surface area contributed by atoms with Crippen LogP contribution in [0.1, 0.15) is 26.2 Å². The summed E-state index contributed by atoms with van der Waals surface area (Å²) in [4.78, 5) is 17.1. The van der Waals surface area contributed by atoms with Crippen molar-refractivity contribution in [2.45, 2.75) is 32.2 Å². The lowest BCUT2D eigenvalue weighted by Gasteiger charge is -2.23.